The van der Waals surface area contributed by atoms with Gasteiger partial charge in [-0.05, 0) is 56.0 Å². The fourth-order valence-corrected chi connectivity index (χ4v) is 4.51. The predicted octanol–water partition coefficient (Wildman–Crippen LogP) is 2.35. The van der Waals surface area contributed by atoms with Gasteiger partial charge < -0.3 is 10.2 Å². The molecule has 7 nitrogen and oxygen atoms in total. The van der Waals surface area contributed by atoms with Crippen molar-refractivity contribution in [2.75, 3.05) is 31.1 Å². The molecule has 2 aromatic rings. The number of hydrogen-bond donors (Lipinski definition) is 1. The molecular weight excluding hydrogens is 376 g/mol. The van der Waals surface area contributed by atoms with E-state index in [9.17, 15) is 4.79 Å². The average Bonchev–Trinajstić information content (AvgIpc) is 2.83. The second-order valence-corrected chi connectivity index (χ2v) is 8.12. The molecule has 0 bridgehead atoms. The van der Waals surface area contributed by atoms with Crippen molar-refractivity contribution in [3.63, 3.8) is 0 Å². The van der Waals surface area contributed by atoms with Crippen LogP contribution in [0.5, 0.6) is 0 Å². The molecule has 2 aliphatic heterocycles. The number of aromatic nitrogens is 2. The van der Waals surface area contributed by atoms with Crippen LogP contribution in [0.15, 0.2) is 42.7 Å². The van der Waals surface area contributed by atoms with Gasteiger partial charge in [0.25, 0.3) is 0 Å². The van der Waals surface area contributed by atoms with Crippen LogP contribution in [0.25, 0.3) is 0 Å². The fraction of sp³-hybridized carbons (Fsp3) is 0.478. The van der Waals surface area contributed by atoms with Gasteiger partial charge in [-0.15, -0.1) is 0 Å². The first-order chi connectivity index (χ1) is 14.7. The van der Waals surface area contributed by atoms with E-state index < -0.39 is 0 Å². The van der Waals surface area contributed by atoms with Gasteiger partial charge in [0, 0.05) is 44.6 Å². The van der Waals surface area contributed by atoms with E-state index in [1.807, 2.05) is 24.3 Å². The lowest BCUT2D eigenvalue weighted by Crippen LogP contribution is -2.50. The molecule has 1 unspecified atom stereocenters. The fourth-order valence-electron chi connectivity index (χ4n) is 4.51. The molecule has 4 heterocycles. The highest BCUT2D eigenvalue weighted by molar-refractivity contribution is 5.78. The first-order valence-electron chi connectivity index (χ1n) is 10.8. The first kappa shape index (κ1) is 20.3. The normalized spacial score (nSPS) is 20.5. The van der Waals surface area contributed by atoms with Crippen LogP contribution in [0.2, 0.25) is 0 Å². The molecule has 2 aromatic heterocycles. The van der Waals surface area contributed by atoms with Crippen LogP contribution < -0.4 is 10.2 Å². The van der Waals surface area contributed by atoms with Gasteiger partial charge in [0.15, 0.2) is 0 Å². The minimum atomic E-state index is 0.0578. The van der Waals surface area contributed by atoms with Crippen LogP contribution in [0.3, 0.4) is 0 Å². The van der Waals surface area contributed by atoms with Crippen LogP contribution in [-0.4, -0.2) is 53.0 Å². The monoisotopic (exact) mass is 404 g/mol. The molecule has 0 radical (unpaired) electrons. The molecule has 7 heteroatoms. The number of amides is 1. The highest BCUT2D eigenvalue weighted by Gasteiger charge is 2.31. The average molecular weight is 405 g/mol. The van der Waals surface area contributed by atoms with Gasteiger partial charge in [0.2, 0.25) is 5.91 Å². The molecule has 30 heavy (non-hydrogen) atoms. The number of likely N-dealkylation sites (tertiary alicyclic amines) is 1. The zero-order valence-electron chi connectivity index (χ0n) is 17.2. The number of carbonyl (C=O) groups excluding carboxylic acids is 1. The Kier molecular flexibility index (Phi) is 6.55. The van der Waals surface area contributed by atoms with E-state index in [1.54, 1.807) is 18.5 Å². The summed E-state index contributed by atoms with van der Waals surface area (Å²) in [5.41, 5.74) is 1.49. The van der Waals surface area contributed by atoms with Gasteiger partial charge in [-0.3, -0.25) is 14.7 Å². The second-order valence-electron chi connectivity index (χ2n) is 8.12. The van der Waals surface area contributed by atoms with Gasteiger partial charge >= 0.3 is 0 Å². The van der Waals surface area contributed by atoms with Crippen molar-refractivity contribution in [1.29, 1.82) is 5.26 Å². The summed E-state index contributed by atoms with van der Waals surface area (Å²) in [6.45, 7) is 4.31. The Morgan fingerprint density at radius 1 is 1.17 bits per heavy atom. The smallest absolute Gasteiger partial charge is 0.224 e. The van der Waals surface area contributed by atoms with E-state index in [2.05, 4.69) is 31.2 Å². The number of rotatable bonds is 5. The SMILES string of the molecule is N#Cc1cccc(N2CCC(N3CCCC(C(=O)NCc4cccnc4)C3)CC2)n1. The molecule has 0 aliphatic carbocycles. The molecule has 1 N–H and O–H groups in total. The number of piperidine rings is 2. The number of nitrogens with zero attached hydrogens (tertiary/aromatic N) is 5. The molecule has 2 aliphatic rings. The molecule has 0 spiro atoms. The molecule has 0 saturated carbocycles. The zero-order chi connectivity index (χ0) is 20.8. The van der Waals surface area contributed by atoms with E-state index >= 15 is 0 Å². The zero-order valence-corrected chi connectivity index (χ0v) is 17.2. The van der Waals surface area contributed by atoms with Crippen molar-refractivity contribution >= 4 is 11.7 Å². The van der Waals surface area contributed by atoms with Crippen LogP contribution in [-0.2, 0) is 11.3 Å². The van der Waals surface area contributed by atoms with E-state index in [-0.39, 0.29) is 11.8 Å². The summed E-state index contributed by atoms with van der Waals surface area (Å²) in [4.78, 5) is 26.0. The topological polar surface area (TPSA) is 85.2 Å². The van der Waals surface area contributed by atoms with Gasteiger partial charge in [-0.25, -0.2) is 4.98 Å². The third-order valence-electron chi connectivity index (χ3n) is 6.17. The molecule has 1 amide bonds. The molecule has 4 rings (SSSR count). The van der Waals surface area contributed by atoms with Crippen molar-refractivity contribution < 1.29 is 4.79 Å². The summed E-state index contributed by atoms with van der Waals surface area (Å²) in [7, 11) is 0. The predicted molar refractivity (Wildman–Crippen MR) is 115 cm³/mol. The Labute approximate surface area is 177 Å². The lowest BCUT2D eigenvalue weighted by Gasteiger charge is -2.42. The number of hydrogen-bond acceptors (Lipinski definition) is 6. The molecular formula is C23H28N6O. The Bertz CT molecular complexity index is 888. The summed E-state index contributed by atoms with van der Waals surface area (Å²) in [5.74, 6) is 1.10. The summed E-state index contributed by atoms with van der Waals surface area (Å²) in [5, 5.41) is 12.2. The highest BCUT2D eigenvalue weighted by Crippen LogP contribution is 2.26. The Morgan fingerprint density at radius 2 is 2.03 bits per heavy atom. The minimum absolute atomic E-state index is 0.0578. The van der Waals surface area contributed by atoms with E-state index in [0.29, 0.717) is 18.3 Å². The quantitative estimate of drug-likeness (QED) is 0.823. The van der Waals surface area contributed by atoms with Crippen LogP contribution in [0, 0.1) is 17.2 Å². The van der Waals surface area contributed by atoms with Crippen molar-refractivity contribution in [2.45, 2.75) is 38.3 Å². The highest BCUT2D eigenvalue weighted by atomic mass is 16.1. The van der Waals surface area contributed by atoms with Gasteiger partial charge in [0.05, 0.1) is 5.92 Å². The lowest BCUT2D eigenvalue weighted by molar-refractivity contribution is -0.127. The van der Waals surface area contributed by atoms with E-state index in [1.165, 1.54) is 0 Å². The third-order valence-corrected chi connectivity index (χ3v) is 6.17. The summed E-state index contributed by atoms with van der Waals surface area (Å²) >= 11 is 0. The van der Waals surface area contributed by atoms with Crippen molar-refractivity contribution in [3.05, 3.63) is 54.0 Å². The van der Waals surface area contributed by atoms with Crippen LogP contribution in [0.1, 0.15) is 36.9 Å². The van der Waals surface area contributed by atoms with E-state index in [0.717, 1.165) is 63.2 Å². The third kappa shape index (κ3) is 4.95. The van der Waals surface area contributed by atoms with Gasteiger partial charge in [-0.1, -0.05) is 12.1 Å². The van der Waals surface area contributed by atoms with Gasteiger partial charge in [0.1, 0.15) is 17.6 Å². The van der Waals surface area contributed by atoms with Gasteiger partial charge in [-0.2, -0.15) is 5.26 Å². The second kappa shape index (κ2) is 9.68. The largest absolute Gasteiger partial charge is 0.356 e. The first-order valence-corrected chi connectivity index (χ1v) is 10.8. The molecule has 0 aromatic carbocycles. The summed E-state index contributed by atoms with van der Waals surface area (Å²) < 4.78 is 0. The van der Waals surface area contributed by atoms with Crippen molar-refractivity contribution in [3.8, 4) is 6.07 Å². The maximum Gasteiger partial charge on any atom is 0.224 e. The Hall–Kier alpha value is -2.98. The maximum absolute atomic E-state index is 12.7. The number of nitrogens with one attached hydrogen (secondary N) is 1. The van der Waals surface area contributed by atoms with Crippen molar-refractivity contribution in [2.24, 2.45) is 5.92 Å². The molecule has 2 saturated heterocycles. The molecule has 1 atom stereocenters. The number of pyridine rings is 2. The summed E-state index contributed by atoms with van der Waals surface area (Å²) in [6, 6.07) is 12.1. The van der Waals surface area contributed by atoms with Crippen LogP contribution in [0.4, 0.5) is 5.82 Å². The Morgan fingerprint density at radius 3 is 2.80 bits per heavy atom. The van der Waals surface area contributed by atoms with Crippen molar-refractivity contribution in [1.82, 2.24) is 20.2 Å². The Balaban J connectivity index is 1.27. The summed E-state index contributed by atoms with van der Waals surface area (Å²) in [6.07, 6.45) is 7.68. The number of carbonyl (C=O) groups is 1. The maximum atomic E-state index is 12.7. The number of nitriles is 1. The number of anilines is 1. The standard InChI is InChI=1S/C23H28N6O/c24-14-20-6-1-7-22(27-20)28-12-8-21(9-13-28)29-11-3-5-19(17-29)23(30)26-16-18-4-2-10-25-15-18/h1-2,4,6-7,10,15,19,21H,3,5,8-9,11-13,16-17H2,(H,26,30). The van der Waals surface area contributed by atoms with Crippen LogP contribution >= 0.6 is 0 Å². The lowest BCUT2D eigenvalue weighted by atomic mass is 9.93. The van der Waals surface area contributed by atoms with E-state index in [4.69, 9.17) is 5.26 Å². The molecule has 2 fully saturated rings. The minimum Gasteiger partial charge on any atom is -0.356 e. The molecule has 156 valence electrons.